The molecule has 1 atom stereocenters. The second kappa shape index (κ2) is 6.93. The highest BCUT2D eigenvalue weighted by molar-refractivity contribution is 5.75. The normalized spacial score (nSPS) is 12.4. The summed E-state index contributed by atoms with van der Waals surface area (Å²) in [6.07, 6.45) is -0.564. The Hall–Kier alpha value is -2.04. The van der Waals surface area contributed by atoms with Crippen LogP contribution in [-0.4, -0.2) is 25.8 Å². The zero-order chi connectivity index (χ0) is 15.2. The molecule has 0 heterocycles. The number of amides is 1. The summed E-state index contributed by atoms with van der Waals surface area (Å²) < 4.78 is 9.84. The molecule has 1 N–H and O–H groups in total. The van der Waals surface area contributed by atoms with Gasteiger partial charge in [0.2, 0.25) is 0 Å². The summed E-state index contributed by atoms with van der Waals surface area (Å²) in [6, 6.07) is 8.85. The van der Waals surface area contributed by atoms with Crippen LogP contribution >= 0.6 is 0 Å². The number of carbonyl (C=O) groups excluding carboxylic acids is 2. The zero-order valence-electron chi connectivity index (χ0n) is 12.3. The molecule has 20 heavy (non-hydrogen) atoms. The number of hydrogen-bond donors (Lipinski definition) is 1. The highest BCUT2D eigenvalue weighted by Crippen LogP contribution is 2.18. The Morgan fingerprint density at radius 2 is 1.80 bits per heavy atom. The van der Waals surface area contributed by atoms with Gasteiger partial charge in [-0.1, -0.05) is 30.3 Å². The maximum atomic E-state index is 11.8. The first-order valence-corrected chi connectivity index (χ1v) is 6.41. The molecule has 1 unspecified atom stereocenters. The molecule has 0 saturated carbocycles. The van der Waals surface area contributed by atoms with Crippen LogP contribution in [0.3, 0.4) is 0 Å². The predicted molar refractivity (Wildman–Crippen MR) is 75.1 cm³/mol. The third kappa shape index (κ3) is 4.91. The van der Waals surface area contributed by atoms with Crippen LogP contribution in [0.1, 0.15) is 32.4 Å². The number of ether oxygens (including phenoxy) is 2. The van der Waals surface area contributed by atoms with Crippen molar-refractivity contribution in [2.24, 2.45) is 5.41 Å². The molecule has 0 aliphatic rings. The van der Waals surface area contributed by atoms with E-state index in [1.54, 1.807) is 20.8 Å². The van der Waals surface area contributed by atoms with Crippen LogP contribution in [0.2, 0.25) is 0 Å². The van der Waals surface area contributed by atoms with Crippen molar-refractivity contribution in [3.05, 3.63) is 35.9 Å². The number of hydrogen-bond acceptors (Lipinski definition) is 4. The summed E-state index contributed by atoms with van der Waals surface area (Å²) in [4.78, 5) is 23.2. The fourth-order valence-electron chi connectivity index (χ4n) is 1.48. The minimum atomic E-state index is -0.577. The van der Waals surface area contributed by atoms with Gasteiger partial charge in [0.05, 0.1) is 18.6 Å². The second-order valence-electron chi connectivity index (χ2n) is 5.45. The first-order chi connectivity index (χ1) is 9.34. The number of carbonyl (C=O) groups is 2. The molecule has 0 aliphatic carbocycles. The van der Waals surface area contributed by atoms with Crippen LogP contribution in [0.4, 0.5) is 4.79 Å². The average Bonchev–Trinajstić information content (AvgIpc) is 2.42. The number of benzene rings is 1. The monoisotopic (exact) mass is 279 g/mol. The Morgan fingerprint density at radius 1 is 1.20 bits per heavy atom. The minimum absolute atomic E-state index is 0.0647. The van der Waals surface area contributed by atoms with Crippen LogP contribution in [0.5, 0.6) is 0 Å². The van der Waals surface area contributed by atoms with Gasteiger partial charge >= 0.3 is 12.1 Å². The highest BCUT2D eigenvalue weighted by atomic mass is 16.5. The molecule has 1 aromatic carbocycles. The largest absolute Gasteiger partial charge is 0.463 e. The lowest BCUT2D eigenvalue weighted by molar-refractivity contribution is -0.153. The van der Waals surface area contributed by atoms with Crippen molar-refractivity contribution in [1.82, 2.24) is 5.32 Å². The Bertz CT molecular complexity index is 451. The van der Waals surface area contributed by atoms with Crippen LogP contribution in [0.25, 0.3) is 0 Å². The highest BCUT2D eigenvalue weighted by Gasteiger charge is 2.25. The van der Waals surface area contributed by atoms with E-state index < -0.39 is 17.6 Å². The van der Waals surface area contributed by atoms with E-state index in [0.717, 1.165) is 5.56 Å². The Morgan fingerprint density at radius 3 is 2.30 bits per heavy atom. The van der Waals surface area contributed by atoms with Gasteiger partial charge < -0.3 is 14.8 Å². The van der Waals surface area contributed by atoms with Gasteiger partial charge in [-0.05, 0) is 26.3 Å². The van der Waals surface area contributed by atoms with Crippen molar-refractivity contribution < 1.29 is 19.1 Å². The number of esters is 1. The van der Waals surface area contributed by atoms with E-state index >= 15 is 0 Å². The van der Waals surface area contributed by atoms with Crippen molar-refractivity contribution in [3.63, 3.8) is 0 Å². The molecule has 1 aromatic rings. The quantitative estimate of drug-likeness (QED) is 0.861. The summed E-state index contributed by atoms with van der Waals surface area (Å²) in [5.74, 6) is -0.315. The van der Waals surface area contributed by atoms with Gasteiger partial charge in [-0.2, -0.15) is 0 Å². The van der Waals surface area contributed by atoms with Gasteiger partial charge in [-0.15, -0.1) is 0 Å². The summed E-state index contributed by atoms with van der Waals surface area (Å²) in [7, 11) is 1.29. The summed E-state index contributed by atoms with van der Waals surface area (Å²) in [5, 5.41) is 2.65. The van der Waals surface area contributed by atoms with Crippen molar-refractivity contribution >= 4 is 12.1 Å². The SMILES string of the molecule is COC(=O)NC(COC(=O)C(C)(C)C)c1ccccc1. The van der Waals surface area contributed by atoms with E-state index in [9.17, 15) is 9.59 Å². The standard InChI is InChI=1S/C15H21NO4/c1-15(2,3)13(17)20-10-12(16-14(18)19-4)11-8-6-5-7-9-11/h5-9,12H,10H2,1-4H3,(H,16,18). The lowest BCUT2D eigenvalue weighted by Crippen LogP contribution is -2.33. The molecule has 0 fully saturated rings. The fraction of sp³-hybridized carbons (Fsp3) is 0.467. The van der Waals surface area contributed by atoms with Crippen molar-refractivity contribution in [2.45, 2.75) is 26.8 Å². The fourth-order valence-corrected chi connectivity index (χ4v) is 1.48. The van der Waals surface area contributed by atoms with Gasteiger partial charge in [0.15, 0.2) is 0 Å². The van der Waals surface area contributed by atoms with Gasteiger partial charge in [0.25, 0.3) is 0 Å². The van der Waals surface area contributed by atoms with Gasteiger partial charge in [-0.3, -0.25) is 4.79 Å². The molecule has 0 bridgehead atoms. The molecular weight excluding hydrogens is 258 g/mol. The minimum Gasteiger partial charge on any atom is -0.463 e. The second-order valence-corrected chi connectivity index (χ2v) is 5.45. The first kappa shape index (κ1) is 16.0. The zero-order valence-corrected chi connectivity index (χ0v) is 12.3. The summed E-state index contributed by atoms with van der Waals surface area (Å²) >= 11 is 0. The summed E-state index contributed by atoms with van der Waals surface area (Å²) in [6.45, 7) is 5.40. The Labute approximate surface area is 119 Å². The molecular formula is C15H21NO4. The number of methoxy groups -OCH3 is 1. The summed E-state index contributed by atoms with van der Waals surface area (Å²) in [5.41, 5.74) is 0.270. The molecule has 5 heteroatoms. The van der Waals surface area contributed by atoms with Gasteiger partial charge in [-0.25, -0.2) is 4.79 Å². The van der Waals surface area contributed by atoms with Gasteiger partial charge in [0.1, 0.15) is 6.61 Å². The molecule has 0 aromatic heterocycles. The number of alkyl carbamates (subject to hydrolysis) is 1. The first-order valence-electron chi connectivity index (χ1n) is 6.41. The van der Waals surface area contributed by atoms with E-state index in [1.165, 1.54) is 7.11 Å². The van der Waals surface area contributed by atoms with Crippen LogP contribution in [0.15, 0.2) is 30.3 Å². The molecule has 110 valence electrons. The van der Waals surface area contributed by atoms with Gasteiger partial charge in [0, 0.05) is 0 Å². The van der Waals surface area contributed by atoms with Crippen molar-refractivity contribution in [1.29, 1.82) is 0 Å². The molecule has 0 radical (unpaired) electrons. The van der Waals surface area contributed by atoms with E-state index in [1.807, 2.05) is 30.3 Å². The van der Waals surface area contributed by atoms with Crippen molar-refractivity contribution in [2.75, 3.05) is 13.7 Å². The van der Waals surface area contributed by atoms with Crippen LogP contribution < -0.4 is 5.32 Å². The average molecular weight is 279 g/mol. The van der Waals surface area contributed by atoms with E-state index in [-0.39, 0.29) is 12.6 Å². The maximum Gasteiger partial charge on any atom is 0.407 e. The smallest absolute Gasteiger partial charge is 0.407 e. The van der Waals surface area contributed by atoms with Crippen LogP contribution in [0, 0.1) is 5.41 Å². The molecule has 1 rings (SSSR count). The molecule has 0 aliphatic heterocycles. The Kier molecular flexibility index (Phi) is 5.55. The molecule has 0 saturated heterocycles. The third-order valence-corrected chi connectivity index (χ3v) is 2.67. The van der Waals surface area contributed by atoms with Crippen molar-refractivity contribution in [3.8, 4) is 0 Å². The lowest BCUT2D eigenvalue weighted by atomic mass is 9.97. The van der Waals surface area contributed by atoms with Crippen LogP contribution in [-0.2, 0) is 14.3 Å². The predicted octanol–water partition coefficient (Wildman–Crippen LogP) is 2.67. The van der Waals surface area contributed by atoms with E-state index in [0.29, 0.717) is 0 Å². The lowest BCUT2D eigenvalue weighted by Gasteiger charge is -2.22. The number of rotatable bonds is 4. The Balaban J connectivity index is 2.74. The molecule has 5 nitrogen and oxygen atoms in total. The number of nitrogens with one attached hydrogen (secondary N) is 1. The topological polar surface area (TPSA) is 64.6 Å². The van der Waals surface area contributed by atoms with E-state index in [2.05, 4.69) is 10.1 Å². The maximum absolute atomic E-state index is 11.8. The van der Waals surface area contributed by atoms with E-state index in [4.69, 9.17) is 4.74 Å². The molecule has 0 spiro atoms. The molecule has 1 amide bonds. The third-order valence-electron chi connectivity index (χ3n) is 2.67.